The maximum absolute atomic E-state index is 13.0. The van der Waals surface area contributed by atoms with E-state index >= 15 is 0 Å². The fourth-order valence-corrected chi connectivity index (χ4v) is 2.65. The van der Waals surface area contributed by atoms with Gasteiger partial charge in [-0.15, -0.1) is 0 Å². The van der Waals surface area contributed by atoms with E-state index in [2.05, 4.69) is 5.32 Å². The van der Waals surface area contributed by atoms with Crippen molar-refractivity contribution in [3.05, 3.63) is 23.8 Å². The Hall–Kier alpha value is -3.10. The Balaban J connectivity index is 3.43. The third-order valence-corrected chi connectivity index (χ3v) is 4.06. The van der Waals surface area contributed by atoms with Gasteiger partial charge in [0.15, 0.2) is 5.78 Å². The number of nitrogens with one attached hydrogen (secondary N) is 1. The van der Waals surface area contributed by atoms with Crippen molar-refractivity contribution >= 4 is 29.3 Å². The number of methoxy groups -OCH3 is 1. The molecular weight excluding hydrogens is 380 g/mol. The Morgan fingerprint density at radius 3 is 2.10 bits per heavy atom. The number of carbonyl (C=O) groups is 4. The van der Waals surface area contributed by atoms with Gasteiger partial charge in [0.1, 0.15) is 5.75 Å². The monoisotopic (exact) mass is 408 g/mol. The molecule has 0 spiro atoms. The van der Waals surface area contributed by atoms with Crippen LogP contribution < -0.4 is 15.8 Å². The van der Waals surface area contributed by atoms with Crippen LogP contribution in [0.2, 0.25) is 0 Å². The second-order valence-electron chi connectivity index (χ2n) is 6.20. The van der Waals surface area contributed by atoms with E-state index in [1.54, 1.807) is 26.8 Å². The number of nitrogens with two attached hydrogens (primary N) is 1. The maximum Gasteiger partial charge on any atom is 0.344 e. The zero-order valence-electron chi connectivity index (χ0n) is 17.2. The smallest absolute Gasteiger partial charge is 0.344 e. The van der Waals surface area contributed by atoms with Crippen LogP contribution in [0.1, 0.15) is 50.4 Å². The summed E-state index contributed by atoms with van der Waals surface area (Å²) in [6.07, 6.45) is -0.183. The first-order chi connectivity index (χ1) is 13.7. The van der Waals surface area contributed by atoms with Gasteiger partial charge in [-0.05, 0) is 38.5 Å². The molecule has 3 N–H and O–H groups in total. The molecule has 0 atom stereocenters. The number of amides is 1. The maximum atomic E-state index is 13.0. The number of rotatable bonds is 11. The molecule has 160 valence electrons. The van der Waals surface area contributed by atoms with Crippen LogP contribution in [0.3, 0.4) is 0 Å². The summed E-state index contributed by atoms with van der Waals surface area (Å²) in [5.41, 5.74) is 3.76. The molecule has 0 aliphatic carbocycles. The van der Waals surface area contributed by atoms with E-state index in [-0.39, 0.29) is 30.9 Å². The summed E-state index contributed by atoms with van der Waals surface area (Å²) in [6, 6.07) is 4.43. The molecule has 0 heterocycles. The molecule has 1 aromatic rings. The molecule has 29 heavy (non-hydrogen) atoms. The van der Waals surface area contributed by atoms with Gasteiger partial charge in [-0.1, -0.05) is 6.92 Å². The lowest BCUT2D eigenvalue weighted by atomic mass is 9.89. The molecule has 0 fully saturated rings. The van der Waals surface area contributed by atoms with Gasteiger partial charge < -0.3 is 25.3 Å². The van der Waals surface area contributed by atoms with Crippen LogP contribution in [-0.4, -0.2) is 49.5 Å². The molecule has 0 saturated heterocycles. The van der Waals surface area contributed by atoms with Crippen LogP contribution in [0.4, 0.5) is 5.69 Å². The number of Topliss-reactive ketones (excluding diaryl/α,β-unsaturated/α-hetero) is 1. The number of ketones is 1. The number of ether oxygens (including phenoxy) is 3. The van der Waals surface area contributed by atoms with Crippen LogP contribution in [0.15, 0.2) is 18.2 Å². The average Bonchev–Trinajstić information content (AvgIpc) is 2.68. The van der Waals surface area contributed by atoms with E-state index in [9.17, 15) is 19.2 Å². The lowest BCUT2D eigenvalue weighted by Crippen LogP contribution is -2.62. The lowest BCUT2D eigenvalue weighted by molar-refractivity contribution is -0.168. The summed E-state index contributed by atoms with van der Waals surface area (Å²) < 4.78 is 15.1. The molecular formula is C20H28N2O7. The quantitative estimate of drug-likeness (QED) is 0.244. The Bertz CT molecular complexity index is 743. The summed E-state index contributed by atoms with van der Waals surface area (Å²) in [5.74, 6) is -3.01. The fourth-order valence-electron chi connectivity index (χ4n) is 2.65. The summed E-state index contributed by atoms with van der Waals surface area (Å²) in [5, 5.41) is 2.37. The highest BCUT2D eigenvalue weighted by atomic mass is 16.6. The number of hydrogen-bond acceptors (Lipinski definition) is 8. The zero-order valence-corrected chi connectivity index (χ0v) is 17.2. The van der Waals surface area contributed by atoms with Crippen molar-refractivity contribution in [3.8, 4) is 5.75 Å². The van der Waals surface area contributed by atoms with E-state index < -0.39 is 35.6 Å². The van der Waals surface area contributed by atoms with Crippen LogP contribution in [0.25, 0.3) is 0 Å². The second-order valence-corrected chi connectivity index (χ2v) is 6.20. The van der Waals surface area contributed by atoms with Gasteiger partial charge in [-0.3, -0.25) is 9.59 Å². The van der Waals surface area contributed by atoms with Gasteiger partial charge in [0.05, 0.1) is 26.7 Å². The van der Waals surface area contributed by atoms with Crippen molar-refractivity contribution in [2.24, 2.45) is 0 Å². The zero-order chi connectivity index (χ0) is 22.0. The summed E-state index contributed by atoms with van der Waals surface area (Å²) in [7, 11) is 1.42. The first-order valence-electron chi connectivity index (χ1n) is 9.37. The molecule has 9 nitrogen and oxygen atoms in total. The predicted molar refractivity (Wildman–Crippen MR) is 105 cm³/mol. The minimum atomic E-state index is -2.31. The van der Waals surface area contributed by atoms with Crippen LogP contribution in [-0.2, 0) is 23.9 Å². The van der Waals surface area contributed by atoms with Crippen molar-refractivity contribution in [3.63, 3.8) is 0 Å². The molecule has 0 aromatic heterocycles. The number of esters is 2. The largest absolute Gasteiger partial charge is 0.497 e. The Kier molecular flexibility index (Phi) is 9.11. The summed E-state index contributed by atoms with van der Waals surface area (Å²) in [6.45, 7) is 4.74. The molecule has 1 aromatic carbocycles. The molecule has 0 bridgehead atoms. The van der Waals surface area contributed by atoms with Crippen molar-refractivity contribution in [2.75, 3.05) is 26.1 Å². The Labute approximate surface area is 169 Å². The molecule has 0 aliphatic heterocycles. The topological polar surface area (TPSA) is 134 Å². The first-order valence-corrected chi connectivity index (χ1v) is 9.37. The van der Waals surface area contributed by atoms with Gasteiger partial charge in [-0.2, -0.15) is 0 Å². The summed E-state index contributed by atoms with van der Waals surface area (Å²) in [4.78, 5) is 50.8. The average molecular weight is 408 g/mol. The van der Waals surface area contributed by atoms with Gasteiger partial charge in [0, 0.05) is 17.7 Å². The van der Waals surface area contributed by atoms with E-state index in [0.717, 1.165) is 0 Å². The first kappa shape index (κ1) is 23.9. The van der Waals surface area contributed by atoms with Gasteiger partial charge in [0.25, 0.3) is 0 Å². The number of nitrogen functional groups attached to an aromatic ring is 1. The molecule has 1 amide bonds. The van der Waals surface area contributed by atoms with E-state index in [1.807, 2.05) is 0 Å². The van der Waals surface area contributed by atoms with E-state index in [1.165, 1.54) is 19.2 Å². The van der Waals surface area contributed by atoms with Crippen LogP contribution in [0, 0.1) is 0 Å². The lowest BCUT2D eigenvalue weighted by Gasteiger charge is -2.29. The molecule has 0 radical (unpaired) electrons. The third-order valence-electron chi connectivity index (χ3n) is 4.06. The molecule has 0 unspecified atom stereocenters. The van der Waals surface area contributed by atoms with Crippen molar-refractivity contribution < 1.29 is 33.4 Å². The van der Waals surface area contributed by atoms with Crippen molar-refractivity contribution in [2.45, 2.75) is 45.6 Å². The van der Waals surface area contributed by atoms with Crippen molar-refractivity contribution in [1.82, 2.24) is 5.32 Å². The second kappa shape index (κ2) is 11.0. The standard InChI is InChI=1S/C20H28N2O7/c1-5-8-17(24)22-20(18(25)28-6-2,19(26)29-7-3)12-16(23)14-11-13(27-4)9-10-15(14)21/h9-11H,5-8,12,21H2,1-4H3,(H,22,24). The predicted octanol–water partition coefficient (Wildman–Crippen LogP) is 1.63. The van der Waals surface area contributed by atoms with E-state index in [0.29, 0.717) is 12.2 Å². The van der Waals surface area contributed by atoms with Crippen LogP contribution in [0.5, 0.6) is 5.75 Å². The molecule has 9 heteroatoms. The highest BCUT2D eigenvalue weighted by Gasteiger charge is 2.52. The van der Waals surface area contributed by atoms with Gasteiger partial charge in [0.2, 0.25) is 11.4 Å². The number of anilines is 1. The fraction of sp³-hybridized carbons (Fsp3) is 0.500. The Morgan fingerprint density at radius 1 is 1.03 bits per heavy atom. The number of carbonyl (C=O) groups excluding carboxylic acids is 4. The highest BCUT2D eigenvalue weighted by molar-refractivity contribution is 6.14. The Morgan fingerprint density at radius 2 is 1.62 bits per heavy atom. The minimum Gasteiger partial charge on any atom is -0.497 e. The highest BCUT2D eigenvalue weighted by Crippen LogP contribution is 2.25. The van der Waals surface area contributed by atoms with E-state index in [4.69, 9.17) is 19.9 Å². The number of benzene rings is 1. The van der Waals surface area contributed by atoms with Gasteiger partial charge in [-0.25, -0.2) is 9.59 Å². The minimum absolute atomic E-state index is 0.0482. The van der Waals surface area contributed by atoms with Gasteiger partial charge >= 0.3 is 11.9 Å². The third kappa shape index (κ3) is 5.94. The number of hydrogen-bond donors (Lipinski definition) is 2. The normalized spacial score (nSPS) is 10.8. The molecule has 1 rings (SSSR count). The molecule has 0 saturated carbocycles. The van der Waals surface area contributed by atoms with Crippen LogP contribution >= 0.6 is 0 Å². The van der Waals surface area contributed by atoms with Crippen molar-refractivity contribution in [1.29, 1.82) is 0 Å². The summed E-state index contributed by atoms with van der Waals surface area (Å²) >= 11 is 0. The SMILES string of the molecule is CCCC(=O)NC(CC(=O)c1cc(OC)ccc1N)(C(=O)OCC)C(=O)OCC. The molecule has 0 aliphatic rings.